The Balaban J connectivity index is 2.29. The first-order valence-corrected chi connectivity index (χ1v) is 6.73. The van der Waals surface area contributed by atoms with Gasteiger partial charge in [0.15, 0.2) is 11.6 Å². The predicted octanol–water partition coefficient (Wildman–Crippen LogP) is 4.27. The van der Waals surface area contributed by atoms with Gasteiger partial charge in [0.25, 0.3) is 0 Å². The van der Waals surface area contributed by atoms with Gasteiger partial charge in [-0.2, -0.15) is 5.26 Å². The molecule has 0 saturated heterocycles. The first kappa shape index (κ1) is 14.5. The minimum absolute atomic E-state index is 0.0678. The highest BCUT2D eigenvalue weighted by molar-refractivity contribution is 9.10. The molecule has 0 amide bonds. The minimum atomic E-state index is -0.577. The lowest BCUT2D eigenvalue weighted by Gasteiger charge is -2.11. The van der Waals surface area contributed by atoms with Gasteiger partial charge in [-0.15, -0.1) is 0 Å². The maximum atomic E-state index is 13.8. The Hall–Kier alpha value is -1.90. The summed E-state index contributed by atoms with van der Waals surface area (Å²) in [7, 11) is 0. The van der Waals surface area contributed by atoms with Crippen molar-refractivity contribution >= 4 is 15.9 Å². The summed E-state index contributed by atoms with van der Waals surface area (Å²) in [6.07, 6.45) is 0. The van der Waals surface area contributed by atoms with E-state index in [1.807, 2.05) is 25.1 Å². The average Bonchev–Trinajstić information content (AvgIpc) is 2.42. The Morgan fingerprint density at radius 1 is 1.25 bits per heavy atom. The molecule has 0 aliphatic carbocycles. The fourth-order valence-electron chi connectivity index (χ4n) is 1.65. The van der Waals surface area contributed by atoms with Gasteiger partial charge in [0, 0.05) is 6.04 Å². The topological polar surface area (TPSA) is 59.0 Å². The van der Waals surface area contributed by atoms with Crippen molar-refractivity contribution in [3.05, 3.63) is 57.8 Å². The second-order valence-corrected chi connectivity index (χ2v) is 5.19. The van der Waals surface area contributed by atoms with E-state index in [4.69, 9.17) is 15.7 Å². The molecule has 0 aliphatic heterocycles. The molecule has 0 saturated carbocycles. The van der Waals surface area contributed by atoms with Gasteiger partial charge in [-0.25, -0.2) is 4.39 Å². The van der Waals surface area contributed by atoms with Gasteiger partial charge in [-0.3, -0.25) is 0 Å². The fraction of sp³-hybridized carbons (Fsp3) is 0.133. The zero-order chi connectivity index (χ0) is 14.7. The van der Waals surface area contributed by atoms with E-state index in [-0.39, 0.29) is 17.4 Å². The van der Waals surface area contributed by atoms with Crippen LogP contribution in [0.1, 0.15) is 24.1 Å². The Labute approximate surface area is 124 Å². The van der Waals surface area contributed by atoms with Gasteiger partial charge < -0.3 is 10.5 Å². The van der Waals surface area contributed by atoms with E-state index >= 15 is 0 Å². The van der Waals surface area contributed by atoms with Crippen molar-refractivity contribution in [1.29, 1.82) is 5.26 Å². The largest absolute Gasteiger partial charge is 0.453 e. The number of nitriles is 1. The first-order valence-electron chi connectivity index (χ1n) is 5.94. The molecule has 2 aromatic rings. The summed E-state index contributed by atoms with van der Waals surface area (Å²) in [6, 6.07) is 11.2. The maximum Gasteiger partial charge on any atom is 0.167 e. The molecule has 0 aliphatic rings. The number of nitrogens with zero attached hydrogens (tertiary/aromatic N) is 1. The third-order valence-electron chi connectivity index (χ3n) is 2.76. The van der Waals surface area contributed by atoms with Crippen molar-refractivity contribution in [2.24, 2.45) is 5.73 Å². The highest BCUT2D eigenvalue weighted by Crippen LogP contribution is 2.33. The van der Waals surface area contributed by atoms with Crippen LogP contribution >= 0.6 is 15.9 Å². The number of benzene rings is 2. The van der Waals surface area contributed by atoms with Gasteiger partial charge in [0.05, 0.1) is 16.1 Å². The summed E-state index contributed by atoms with van der Waals surface area (Å²) >= 11 is 3.37. The summed E-state index contributed by atoms with van der Waals surface area (Å²) in [5.74, 6) is -0.0246. The molecule has 0 aromatic heterocycles. The van der Waals surface area contributed by atoms with Crippen LogP contribution in [0.5, 0.6) is 11.5 Å². The summed E-state index contributed by atoms with van der Waals surface area (Å²) in [4.78, 5) is 0. The van der Waals surface area contributed by atoms with Crippen LogP contribution in [-0.4, -0.2) is 0 Å². The minimum Gasteiger partial charge on any atom is -0.453 e. The molecule has 1 atom stereocenters. The summed E-state index contributed by atoms with van der Waals surface area (Å²) < 4.78 is 19.9. The van der Waals surface area contributed by atoms with Crippen LogP contribution in [0, 0.1) is 17.1 Å². The molecule has 5 heteroatoms. The average molecular weight is 335 g/mol. The Morgan fingerprint density at radius 3 is 2.50 bits per heavy atom. The third-order valence-corrected chi connectivity index (χ3v) is 3.38. The third kappa shape index (κ3) is 3.16. The number of hydrogen-bond donors (Lipinski definition) is 1. The molecule has 102 valence electrons. The van der Waals surface area contributed by atoms with Crippen LogP contribution in [0.2, 0.25) is 0 Å². The van der Waals surface area contributed by atoms with Crippen molar-refractivity contribution < 1.29 is 9.13 Å². The van der Waals surface area contributed by atoms with Crippen LogP contribution in [0.15, 0.2) is 40.9 Å². The van der Waals surface area contributed by atoms with Crippen LogP contribution < -0.4 is 10.5 Å². The Kier molecular flexibility index (Phi) is 4.38. The Bertz CT molecular complexity index is 680. The van der Waals surface area contributed by atoms with Crippen molar-refractivity contribution in [2.75, 3.05) is 0 Å². The van der Waals surface area contributed by atoms with Crippen molar-refractivity contribution in [3.8, 4) is 17.6 Å². The lowest BCUT2D eigenvalue weighted by atomic mass is 10.1. The molecule has 1 unspecified atom stereocenters. The smallest absolute Gasteiger partial charge is 0.167 e. The summed E-state index contributed by atoms with van der Waals surface area (Å²) in [6.45, 7) is 1.88. The molecule has 2 rings (SSSR count). The number of nitrogens with two attached hydrogens (primary N) is 1. The zero-order valence-electron chi connectivity index (χ0n) is 10.7. The monoisotopic (exact) mass is 334 g/mol. The van der Waals surface area contributed by atoms with Crippen molar-refractivity contribution in [1.82, 2.24) is 0 Å². The number of rotatable bonds is 3. The van der Waals surface area contributed by atoms with E-state index in [0.29, 0.717) is 10.2 Å². The van der Waals surface area contributed by atoms with E-state index in [1.165, 1.54) is 12.1 Å². The van der Waals surface area contributed by atoms with E-state index in [9.17, 15) is 4.39 Å². The van der Waals surface area contributed by atoms with Gasteiger partial charge in [-0.05, 0) is 58.7 Å². The lowest BCUT2D eigenvalue weighted by molar-refractivity contribution is 0.439. The van der Waals surface area contributed by atoms with E-state index in [2.05, 4.69) is 15.9 Å². The van der Waals surface area contributed by atoms with Gasteiger partial charge in [0.2, 0.25) is 0 Å². The number of hydrogen-bond acceptors (Lipinski definition) is 3. The molecule has 3 nitrogen and oxygen atoms in total. The predicted molar refractivity (Wildman–Crippen MR) is 77.9 cm³/mol. The molecule has 20 heavy (non-hydrogen) atoms. The quantitative estimate of drug-likeness (QED) is 0.911. The van der Waals surface area contributed by atoms with Crippen LogP contribution in [0.4, 0.5) is 4.39 Å². The molecule has 0 radical (unpaired) electrons. The van der Waals surface area contributed by atoms with E-state index in [1.54, 1.807) is 6.07 Å². The summed E-state index contributed by atoms with van der Waals surface area (Å²) in [5.41, 5.74) is 6.99. The van der Waals surface area contributed by atoms with Gasteiger partial charge in [-0.1, -0.05) is 6.07 Å². The fourth-order valence-corrected chi connectivity index (χ4v) is 2.13. The molecular weight excluding hydrogens is 323 g/mol. The second kappa shape index (κ2) is 6.04. The second-order valence-electron chi connectivity index (χ2n) is 4.34. The van der Waals surface area contributed by atoms with Crippen LogP contribution in [0.3, 0.4) is 0 Å². The van der Waals surface area contributed by atoms with Crippen molar-refractivity contribution in [2.45, 2.75) is 13.0 Å². The SMILES string of the molecule is CC(N)c1ccc(Oc2ccc(C#N)cc2F)c(Br)c1. The lowest BCUT2D eigenvalue weighted by Crippen LogP contribution is -2.04. The molecule has 2 aromatic carbocycles. The first-order chi connectivity index (χ1) is 9.51. The Morgan fingerprint density at radius 2 is 1.95 bits per heavy atom. The molecule has 0 spiro atoms. The highest BCUT2D eigenvalue weighted by Gasteiger charge is 2.10. The summed E-state index contributed by atoms with van der Waals surface area (Å²) in [5, 5.41) is 8.69. The molecule has 2 N–H and O–H groups in total. The van der Waals surface area contributed by atoms with Crippen molar-refractivity contribution in [3.63, 3.8) is 0 Å². The van der Waals surface area contributed by atoms with E-state index in [0.717, 1.165) is 11.6 Å². The molecule has 0 fully saturated rings. The maximum absolute atomic E-state index is 13.8. The molecule has 0 heterocycles. The van der Waals surface area contributed by atoms with E-state index < -0.39 is 5.82 Å². The van der Waals surface area contributed by atoms with Gasteiger partial charge in [0.1, 0.15) is 5.75 Å². The molecule has 0 bridgehead atoms. The normalized spacial score (nSPS) is 11.8. The molecular formula is C15H12BrFN2O. The number of halogens is 2. The number of ether oxygens (including phenoxy) is 1. The highest BCUT2D eigenvalue weighted by atomic mass is 79.9. The van der Waals surface area contributed by atoms with Gasteiger partial charge >= 0.3 is 0 Å². The zero-order valence-corrected chi connectivity index (χ0v) is 12.3. The standard InChI is InChI=1S/C15H12BrFN2O/c1-9(19)11-3-5-14(12(16)7-11)20-15-4-2-10(8-18)6-13(15)17/h2-7,9H,19H2,1H3. The van der Waals surface area contributed by atoms with Crippen LogP contribution in [0.25, 0.3) is 0 Å². The van der Waals surface area contributed by atoms with Crippen LogP contribution in [-0.2, 0) is 0 Å².